The number of nitrogens with zero attached hydrogens (tertiary/aromatic N) is 1. The van der Waals surface area contributed by atoms with E-state index in [1.165, 1.54) is 0 Å². The average molecular weight is 171 g/mol. The van der Waals surface area contributed by atoms with E-state index in [1.54, 1.807) is 0 Å². The van der Waals surface area contributed by atoms with Gasteiger partial charge in [0, 0.05) is 6.04 Å². The molecule has 0 saturated heterocycles. The van der Waals surface area contributed by atoms with E-state index in [9.17, 15) is 0 Å². The molecule has 1 unspecified atom stereocenters. The smallest absolute Gasteiger partial charge is 0.0639 e. The predicted octanol–water partition coefficient (Wildman–Crippen LogP) is 1.51. The quantitative estimate of drug-likeness (QED) is 0.648. The van der Waals surface area contributed by atoms with Gasteiger partial charge in [0.2, 0.25) is 0 Å². The van der Waals surface area contributed by atoms with Gasteiger partial charge in [-0.15, -0.1) is 0 Å². The summed E-state index contributed by atoms with van der Waals surface area (Å²) in [6.45, 7) is 6.49. The second-order valence-electron chi connectivity index (χ2n) is 3.87. The Balaban J connectivity index is 4.32. The van der Waals surface area contributed by atoms with Gasteiger partial charge in [-0.3, -0.25) is 0 Å². The van der Waals surface area contributed by atoms with Crippen molar-refractivity contribution in [1.29, 1.82) is 0 Å². The van der Waals surface area contributed by atoms with Crippen LogP contribution in [-0.4, -0.2) is 36.8 Å². The first-order valence-corrected chi connectivity index (χ1v) is 4.43. The summed E-state index contributed by atoms with van der Waals surface area (Å²) in [5, 5.41) is 8.86. The molecule has 0 saturated carbocycles. The fourth-order valence-electron chi connectivity index (χ4n) is 1.28. The summed E-state index contributed by atoms with van der Waals surface area (Å²) in [6, 6.07) is 0.428. The highest BCUT2D eigenvalue weighted by Gasteiger charge is 2.12. The highest BCUT2D eigenvalue weighted by molar-refractivity contribution is 5.04. The SMILES string of the molecule is C/C(=C\C(C(C)C)N(C)C)CO. The third-order valence-corrected chi connectivity index (χ3v) is 1.98. The first-order chi connectivity index (χ1) is 5.49. The van der Waals surface area contributed by atoms with Gasteiger partial charge < -0.3 is 10.0 Å². The minimum atomic E-state index is 0.164. The molecule has 0 aromatic carbocycles. The van der Waals surface area contributed by atoms with Gasteiger partial charge in [0.05, 0.1) is 6.61 Å². The maximum Gasteiger partial charge on any atom is 0.0639 e. The Hall–Kier alpha value is -0.340. The molecule has 0 fully saturated rings. The molecule has 0 aliphatic heterocycles. The molecule has 0 aliphatic rings. The molecule has 0 aliphatic carbocycles. The Morgan fingerprint density at radius 3 is 2.17 bits per heavy atom. The molecule has 0 spiro atoms. The lowest BCUT2D eigenvalue weighted by atomic mass is 10.0. The van der Waals surface area contributed by atoms with Gasteiger partial charge in [-0.25, -0.2) is 0 Å². The second-order valence-corrected chi connectivity index (χ2v) is 3.87. The summed E-state index contributed by atoms with van der Waals surface area (Å²) in [5.41, 5.74) is 1.04. The lowest BCUT2D eigenvalue weighted by molar-refractivity contribution is 0.274. The minimum absolute atomic E-state index is 0.164. The van der Waals surface area contributed by atoms with Gasteiger partial charge in [-0.05, 0) is 26.9 Å². The monoisotopic (exact) mass is 171 g/mol. The predicted molar refractivity (Wildman–Crippen MR) is 53.2 cm³/mol. The average Bonchev–Trinajstić information content (AvgIpc) is 1.98. The number of likely N-dealkylation sites (N-methyl/N-ethyl adjacent to an activating group) is 1. The van der Waals surface area contributed by atoms with Gasteiger partial charge >= 0.3 is 0 Å². The van der Waals surface area contributed by atoms with Crippen LogP contribution >= 0.6 is 0 Å². The Morgan fingerprint density at radius 1 is 1.42 bits per heavy atom. The van der Waals surface area contributed by atoms with E-state index in [4.69, 9.17) is 5.11 Å². The minimum Gasteiger partial charge on any atom is -0.392 e. The van der Waals surface area contributed by atoms with Crippen molar-refractivity contribution in [2.45, 2.75) is 26.8 Å². The molecule has 12 heavy (non-hydrogen) atoms. The molecular formula is C10H21NO. The van der Waals surface area contributed by atoms with Crippen LogP contribution in [0, 0.1) is 5.92 Å². The summed E-state index contributed by atoms with van der Waals surface area (Å²) in [6.07, 6.45) is 2.13. The van der Waals surface area contributed by atoms with Crippen LogP contribution in [0.5, 0.6) is 0 Å². The van der Waals surface area contributed by atoms with Gasteiger partial charge in [0.15, 0.2) is 0 Å². The third kappa shape index (κ3) is 3.88. The van der Waals surface area contributed by atoms with E-state index < -0.39 is 0 Å². The molecule has 0 amide bonds. The van der Waals surface area contributed by atoms with Crippen LogP contribution in [0.15, 0.2) is 11.6 Å². The largest absolute Gasteiger partial charge is 0.392 e. The summed E-state index contributed by atoms with van der Waals surface area (Å²) >= 11 is 0. The summed E-state index contributed by atoms with van der Waals surface area (Å²) in [5.74, 6) is 0.585. The molecule has 0 rings (SSSR count). The lowest BCUT2D eigenvalue weighted by Gasteiger charge is -2.25. The second kappa shape index (κ2) is 5.33. The van der Waals surface area contributed by atoms with Crippen LogP contribution < -0.4 is 0 Å². The van der Waals surface area contributed by atoms with Crippen LogP contribution in [0.25, 0.3) is 0 Å². The van der Waals surface area contributed by atoms with Crippen molar-refractivity contribution in [2.75, 3.05) is 20.7 Å². The van der Waals surface area contributed by atoms with E-state index >= 15 is 0 Å². The molecule has 0 aromatic heterocycles. The normalized spacial score (nSPS) is 15.8. The number of hydrogen-bond donors (Lipinski definition) is 1. The Morgan fingerprint density at radius 2 is 1.92 bits per heavy atom. The van der Waals surface area contributed by atoms with E-state index in [1.807, 2.05) is 6.92 Å². The van der Waals surface area contributed by atoms with Crippen molar-refractivity contribution in [3.05, 3.63) is 11.6 Å². The van der Waals surface area contributed by atoms with Crippen LogP contribution in [0.3, 0.4) is 0 Å². The molecule has 2 nitrogen and oxygen atoms in total. The lowest BCUT2D eigenvalue weighted by Crippen LogP contribution is -2.31. The first-order valence-electron chi connectivity index (χ1n) is 4.43. The fraction of sp³-hybridized carbons (Fsp3) is 0.800. The summed E-state index contributed by atoms with van der Waals surface area (Å²) in [4.78, 5) is 2.17. The van der Waals surface area contributed by atoms with Crippen molar-refractivity contribution in [3.63, 3.8) is 0 Å². The number of rotatable bonds is 4. The Kier molecular flexibility index (Phi) is 5.18. The highest BCUT2D eigenvalue weighted by Crippen LogP contribution is 2.10. The van der Waals surface area contributed by atoms with Crippen LogP contribution in [-0.2, 0) is 0 Å². The molecule has 72 valence electrons. The number of aliphatic hydroxyl groups excluding tert-OH is 1. The van der Waals surface area contributed by atoms with Gasteiger partial charge in [-0.1, -0.05) is 25.5 Å². The standard InChI is InChI=1S/C10H21NO/c1-8(2)10(11(4)5)6-9(3)7-12/h6,8,10,12H,7H2,1-5H3/b9-6+. The van der Waals surface area contributed by atoms with E-state index in [2.05, 4.69) is 38.9 Å². The molecular weight excluding hydrogens is 150 g/mol. The van der Waals surface area contributed by atoms with Crippen molar-refractivity contribution >= 4 is 0 Å². The zero-order valence-corrected chi connectivity index (χ0v) is 8.83. The van der Waals surface area contributed by atoms with Crippen LogP contribution in [0.1, 0.15) is 20.8 Å². The van der Waals surface area contributed by atoms with Crippen LogP contribution in [0.2, 0.25) is 0 Å². The summed E-state index contributed by atoms with van der Waals surface area (Å²) in [7, 11) is 4.12. The first kappa shape index (κ1) is 11.7. The molecule has 0 radical (unpaired) electrons. The summed E-state index contributed by atoms with van der Waals surface area (Å²) < 4.78 is 0. The fourth-order valence-corrected chi connectivity index (χ4v) is 1.28. The molecule has 0 bridgehead atoms. The van der Waals surface area contributed by atoms with E-state index in [0.29, 0.717) is 12.0 Å². The Bertz CT molecular complexity index is 142. The van der Waals surface area contributed by atoms with Crippen molar-refractivity contribution < 1.29 is 5.11 Å². The molecule has 0 heterocycles. The molecule has 0 aromatic rings. The molecule has 1 atom stereocenters. The number of aliphatic hydroxyl groups is 1. The maximum atomic E-state index is 8.86. The van der Waals surface area contributed by atoms with E-state index in [0.717, 1.165) is 5.57 Å². The number of hydrogen-bond acceptors (Lipinski definition) is 2. The Labute approximate surface area is 75.9 Å². The van der Waals surface area contributed by atoms with E-state index in [-0.39, 0.29) is 6.61 Å². The van der Waals surface area contributed by atoms with Crippen LogP contribution in [0.4, 0.5) is 0 Å². The topological polar surface area (TPSA) is 23.5 Å². The molecule has 1 N–H and O–H groups in total. The maximum absolute atomic E-state index is 8.86. The third-order valence-electron chi connectivity index (χ3n) is 1.98. The zero-order chi connectivity index (χ0) is 9.72. The zero-order valence-electron chi connectivity index (χ0n) is 8.83. The van der Waals surface area contributed by atoms with Crippen molar-refractivity contribution in [3.8, 4) is 0 Å². The van der Waals surface area contributed by atoms with Gasteiger partial charge in [0.25, 0.3) is 0 Å². The van der Waals surface area contributed by atoms with Crippen molar-refractivity contribution in [1.82, 2.24) is 4.90 Å². The molecule has 2 heteroatoms. The van der Waals surface area contributed by atoms with Crippen molar-refractivity contribution in [2.24, 2.45) is 5.92 Å². The van der Waals surface area contributed by atoms with Gasteiger partial charge in [-0.2, -0.15) is 0 Å². The highest BCUT2D eigenvalue weighted by atomic mass is 16.3. The van der Waals surface area contributed by atoms with Gasteiger partial charge in [0.1, 0.15) is 0 Å².